The summed E-state index contributed by atoms with van der Waals surface area (Å²) in [6, 6.07) is 8.88. The Morgan fingerprint density at radius 3 is 2.45 bits per heavy atom. The lowest BCUT2D eigenvalue weighted by Crippen LogP contribution is -2.30. The van der Waals surface area contributed by atoms with Gasteiger partial charge in [-0.15, -0.1) is 0 Å². The summed E-state index contributed by atoms with van der Waals surface area (Å²) in [5, 5.41) is 2.51. The van der Waals surface area contributed by atoms with Gasteiger partial charge in [0.25, 0.3) is 5.91 Å². The summed E-state index contributed by atoms with van der Waals surface area (Å²) in [6.07, 6.45) is 0.746. The van der Waals surface area contributed by atoms with Crippen LogP contribution in [0.1, 0.15) is 28.8 Å². The highest BCUT2D eigenvalue weighted by molar-refractivity contribution is 6.13. The highest BCUT2D eigenvalue weighted by Gasteiger charge is 2.34. The first-order valence-corrected chi connectivity index (χ1v) is 9.18. The van der Waals surface area contributed by atoms with Crippen LogP contribution in [0.3, 0.4) is 0 Å². The molecule has 1 N–H and O–H groups in total. The molecule has 162 valence electrons. The Balaban J connectivity index is 1.68. The SMILES string of the molecule is COC(=O)c1ccc(CN2C(=O)N/C(=C\c3ccc(O[C@@H](C)C(=O)OC)cc3)C2=O)o1. The van der Waals surface area contributed by atoms with Crippen molar-refractivity contribution in [2.45, 2.75) is 19.6 Å². The molecule has 3 rings (SSSR count). The first-order chi connectivity index (χ1) is 14.8. The molecule has 1 fully saturated rings. The maximum atomic E-state index is 12.6. The summed E-state index contributed by atoms with van der Waals surface area (Å²) in [6.45, 7) is 1.42. The highest BCUT2D eigenvalue weighted by Crippen LogP contribution is 2.20. The molecule has 0 spiro atoms. The largest absolute Gasteiger partial charge is 0.479 e. The standard InChI is InChI=1S/C21H20N2O8/c1-12(19(25)28-2)30-14-6-4-13(5-7-14)10-16-18(24)23(21(27)22-16)11-15-8-9-17(31-15)20(26)29-3/h4-10,12H,11H2,1-3H3,(H,22,27)/b16-10-/t12-/m0/s1. The van der Waals surface area contributed by atoms with Crippen molar-refractivity contribution in [2.75, 3.05) is 14.2 Å². The number of furan rings is 1. The number of esters is 2. The summed E-state index contributed by atoms with van der Waals surface area (Å²) in [7, 11) is 2.50. The number of nitrogens with one attached hydrogen (secondary N) is 1. The van der Waals surface area contributed by atoms with Crippen LogP contribution in [0.2, 0.25) is 0 Å². The predicted octanol–water partition coefficient (Wildman–Crippen LogP) is 2.10. The Morgan fingerprint density at radius 2 is 1.81 bits per heavy atom. The third-order valence-electron chi connectivity index (χ3n) is 4.36. The number of imide groups is 1. The molecule has 1 aromatic carbocycles. The maximum Gasteiger partial charge on any atom is 0.373 e. The van der Waals surface area contributed by atoms with E-state index >= 15 is 0 Å². The smallest absolute Gasteiger partial charge is 0.373 e. The number of rotatable bonds is 7. The van der Waals surface area contributed by atoms with Gasteiger partial charge in [0.15, 0.2) is 6.10 Å². The Hall–Kier alpha value is -4.08. The second-order valence-corrected chi connectivity index (χ2v) is 6.49. The molecule has 0 unspecified atom stereocenters. The quantitative estimate of drug-likeness (QED) is 0.404. The van der Waals surface area contributed by atoms with Gasteiger partial charge in [0.05, 0.1) is 20.8 Å². The van der Waals surface area contributed by atoms with Crippen molar-refractivity contribution in [3.63, 3.8) is 0 Å². The van der Waals surface area contributed by atoms with Gasteiger partial charge < -0.3 is 23.9 Å². The van der Waals surface area contributed by atoms with Gasteiger partial charge in [-0.3, -0.25) is 9.69 Å². The van der Waals surface area contributed by atoms with Gasteiger partial charge >= 0.3 is 18.0 Å². The number of benzene rings is 1. The molecule has 31 heavy (non-hydrogen) atoms. The van der Waals surface area contributed by atoms with E-state index in [9.17, 15) is 19.2 Å². The fourth-order valence-electron chi connectivity index (χ4n) is 2.77. The van der Waals surface area contributed by atoms with Crippen LogP contribution in [0, 0.1) is 0 Å². The molecule has 0 radical (unpaired) electrons. The normalized spacial score (nSPS) is 15.6. The van der Waals surface area contributed by atoms with Gasteiger partial charge in [0.1, 0.15) is 17.2 Å². The van der Waals surface area contributed by atoms with E-state index in [-0.39, 0.29) is 23.8 Å². The van der Waals surface area contributed by atoms with Crippen LogP contribution in [0.5, 0.6) is 5.75 Å². The molecule has 1 aliphatic rings. The maximum absolute atomic E-state index is 12.6. The van der Waals surface area contributed by atoms with Gasteiger partial charge in [-0.25, -0.2) is 14.4 Å². The molecule has 10 nitrogen and oxygen atoms in total. The Labute approximate surface area is 177 Å². The van der Waals surface area contributed by atoms with Gasteiger partial charge in [-0.2, -0.15) is 0 Å². The van der Waals surface area contributed by atoms with E-state index in [0.29, 0.717) is 11.3 Å². The Kier molecular flexibility index (Phi) is 6.39. The van der Waals surface area contributed by atoms with Crippen LogP contribution in [0.4, 0.5) is 4.79 Å². The van der Waals surface area contributed by atoms with E-state index in [1.807, 2.05) is 0 Å². The molecule has 1 atom stereocenters. The minimum atomic E-state index is -0.764. The second kappa shape index (κ2) is 9.16. The summed E-state index contributed by atoms with van der Waals surface area (Å²) in [4.78, 5) is 48.7. The number of carbonyl (C=O) groups excluding carboxylic acids is 4. The molecule has 1 aliphatic heterocycles. The van der Waals surface area contributed by atoms with Crippen LogP contribution in [0.15, 0.2) is 46.5 Å². The average molecular weight is 428 g/mol. The van der Waals surface area contributed by atoms with Crippen molar-refractivity contribution < 1.29 is 37.8 Å². The number of carbonyl (C=O) groups is 4. The van der Waals surface area contributed by atoms with Crippen molar-refractivity contribution in [2.24, 2.45) is 0 Å². The van der Waals surface area contributed by atoms with Crippen molar-refractivity contribution in [3.8, 4) is 5.75 Å². The molecule has 1 aromatic heterocycles. The summed E-state index contributed by atoms with van der Waals surface area (Å²) < 4.78 is 19.9. The van der Waals surface area contributed by atoms with Gasteiger partial charge in [0, 0.05) is 0 Å². The first-order valence-electron chi connectivity index (χ1n) is 9.18. The van der Waals surface area contributed by atoms with Crippen LogP contribution in [-0.4, -0.2) is 49.1 Å². The monoisotopic (exact) mass is 428 g/mol. The fourth-order valence-corrected chi connectivity index (χ4v) is 2.77. The number of nitrogens with zero attached hydrogens (tertiary/aromatic N) is 1. The van der Waals surface area contributed by atoms with Crippen LogP contribution in [-0.2, 0) is 25.6 Å². The number of methoxy groups -OCH3 is 2. The minimum Gasteiger partial charge on any atom is -0.479 e. The Bertz CT molecular complexity index is 1040. The van der Waals surface area contributed by atoms with Crippen LogP contribution < -0.4 is 10.1 Å². The number of ether oxygens (including phenoxy) is 3. The zero-order valence-electron chi connectivity index (χ0n) is 17.0. The topological polar surface area (TPSA) is 124 Å². The highest BCUT2D eigenvalue weighted by atomic mass is 16.6. The number of urea groups is 1. The van der Waals surface area contributed by atoms with E-state index in [0.717, 1.165) is 4.90 Å². The Morgan fingerprint density at radius 1 is 1.10 bits per heavy atom. The molecule has 2 aromatic rings. The molecule has 10 heteroatoms. The van der Waals surface area contributed by atoms with Crippen LogP contribution >= 0.6 is 0 Å². The van der Waals surface area contributed by atoms with Crippen molar-refractivity contribution >= 4 is 30.0 Å². The molecule has 2 heterocycles. The first kappa shape index (κ1) is 21.6. The van der Waals surface area contributed by atoms with E-state index in [2.05, 4.69) is 14.8 Å². The van der Waals surface area contributed by atoms with E-state index in [4.69, 9.17) is 9.15 Å². The summed E-state index contributed by atoms with van der Waals surface area (Å²) >= 11 is 0. The second-order valence-electron chi connectivity index (χ2n) is 6.49. The van der Waals surface area contributed by atoms with Gasteiger partial charge in [-0.05, 0) is 42.8 Å². The summed E-state index contributed by atoms with van der Waals surface area (Å²) in [5.74, 6) is -1.02. The lowest BCUT2D eigenvalue weighted by atomic mass is 10.2. The number of amides is 3. The zero-order chi connectivity index (χ0) is 22.5. The van der Waals surface area contributed by atoms with Crippen molar-refractivity contribution in [3.05, 3.63) is 59.2 Å². The van der Waals surface area contributed by atoms with Gasteiger partial charge in [0.2, 0.25) is 5.76 Å². The van der Waals surface area contributed by atoms with Crippen LogP contribution in [0.25, 0.3) is 6.08 Å². The van der Waals surface area contributed by atoms with E-state index in [1.54, 1.807) is 31.2 Å². The molecule has 0 saturated carbocycles. The van der Waals surface area contributed by atoms with Gasteiger partial charge in [-0.1, -0.05) is 12.1 Å². The fraction of sp³-hybridized carbons (Fsp3) is 0.238. The molecular weight excluding hydrogens is 408 g/mol. The molecule has 0 bridgehead atoms. The number of hydrogen-bond acceptors (Lipinski definition) is 8. The predicted molar refractivity (Wildman–Crippen MR) is 106 cm³/mol. The van der Waals surface area contributed by atoms with Crippen molar-refractivity contribution in [1.29, 1.82) is 0 Å². The van der Waals surface area contributed by atoms with Crippen molar-refractivity contribution in [1.82, 2.24) is 10.2 Å². The zero-order valence-corrected chi connectivity index (χ0v) is 17.0. The number of hydrogen-bond donors (Lipinski definition) is 1. The third kappa shape index (κ3) is 4.92. The molecular formula is C21H20N2O8. The lowest BCUT2D eigenvalue weighted by Gasteiger charge is -2.12. The molecule has 1 saturated heterocycles. The molecule has 0 aliphatic carbocycles. The molecule has 3 amide bonds. The lowest BCUT2D eigenvalue weighted by molar-refractivity contribution is -0.147. The van der Waals surface area contributed by atoms with E-state index < -0.39 is 30.0 Å². The minimum absolute atomic E-state index is 0.0239. The van der Waals surface area contributed by atoms with E-state index in [1.165, 1.54) is 32.4 Å². The summed E-state index contributed by atoms with van der Waals surface area (Å²) in [5.41, 5.74) is 0.718. The third-order valence-corrected chi connectivity index (χ3v) is 4.36. The average Bonchev–Trinajstić information content (AvgIpc) is 3.34.